The smallest absolute Gasteiger partial charge is 0.344 e. The second-order valence-corrected chi connectivity index (χ2v) is 6.79. The highest BCUT2D eigenvalue weighted by Crippen LogP contribution is 2.19. The minimum Gasteiger partial charge on any atom is -0.463 e. The maximum atomic E-state index is 12.4. The molecule has 160 valence electrons. The summed E-state index contributed by atoms with van der Waals surface area (Å²) < 4.78 is 9.78. The van der Waals surface area contributed by atoms with Crippen LogP contribution in [0.5, 0.6) is 0 Å². The Morgan fingerprint density at radius 1 is 0.733 bits per heavy atom. The van der Waals surface area contributed by atoms with E-state index in [-0.39, 0.29) is 24.4 Å². The van der Waals surface area contributed by atoms with E-state index >= 15 is 0 Å². The second-order valence-electron chi connectivity index (χ2n) is 6.79. The maximum absolute atomic E-state index is 12.4. The Bertz CT molecular complexity index is 833. The van der Waals surface area contributed by atoms with E-state index in [1.165, 1.54) is 24.3 Å². The number of carbonyl (C=O) groups is 3. The van der Waals surface area contributed by atoms with E-state index in [0.717, 1.165) is 0 Å². The van der Waals surface area contributed by atoms with E-state index in [1.807, 2.05) is 6.07 Å². The minimum absolute atomic E-state index is 0.0487. The van der Waals surface area contributed by atoms with Gasteiger partial charge in [0.25, 0.3) is 0 Å². The van der Waals surface area contributed by atoms with Crippen LogP contribution in [0.3, 0.4) is 0 Å². The molecule has 8 heteroatoms. The maximum Gasteiger partial charge on any atom is 0.344 e. The van der Waals surface area contributed by atoms with Crippen molar-refractivity contribution >= 4 is 17.7 Å². The first-order valence-corrected chi connectivity index (χ1v) is 9.30. The molecule has 0 spiro atoms. The van der Waals surface area contributed by atoms with Crippen molar-refractivity contribution in [1.29, 1.82) is 0 Å². The predicted octanol–water partition coefficient (Wildman–Crippen LogP) is 0.971. The molecular weight excluding hydrogens is 392 g/mol. The van der Waals surface area contributed by atoms with E-state index in [1.54, 1.807) is 24.3 Å². The molecule has 0 fully saturated rings. The quantitative estimate of drug-likeness (QED) is 0.365. The van der Waals surface area contributed by atoms with Gasteiger partial charge in [0.2, 0.25) is 0 Å². The normalized spacial score (nSPS) is 11.0. The lowest BCUT2D eigenvalue weighted by molar-refractivity contribution is -0.149. The first kappa shape index (κ1) is 23.2. The highest BCUT2D eigenvalue weighted by atomic mass is 16.6. The lowest BCUT2D eigenvalue weighted by Gasteiger charge is -2.26. The van der Waals surface area contributed by atoms with Crippen LogP contribution in [0.25, 0.3) is 0 Å². The fourth-order valence-electron chi connectivity index (χ4n) is 2.53. The standard InChI is InChI=1S/C22H24O8/c23-13-22(14-24,15-25)10-11-29-19(26)12-30-21(28)18-8-6-17(7-9-18)20(27)16-4-2-1-3-5-16/h1-9,23-25H,10-15H2. The molecule has 2 rings (SSSR count). The fraction of sp³-hybridized carbons (Fsp3) is 0.318. The number of esters is 2. The van der Waals surface area contributed by atoms with Gasteiger partial charge in [-0.25, -0.2) is 9.59 Å². The van der Waals surface area contributed by atoms with Crippen LogP contribution in [0.4, 0.5) is 0 Å². The van der Waals surface area contributed by atoms with Gasteiger partial charge in [-0.3, -0.25) is 4.79 Å². The molecular formula is C22H24O8. The van der Waals surface area contributed by atoms with Gasteiger partial charge in [0.15, 0.2) is 12.4 Å². The van der Waals surface area contributed by atoms with Gasteiger partial charge in [-0.05, 0) is 18.6 Å². The molecule has 0 heterocycles. The lowest BCUT2D eigenvalue weighted by atomic mass is 9.88. The summed E-state index contributed by atoms with van der Waals surface area (Å²) in [4.78, 5) is 36.1. The van der Waals surface area contributed by atoms with Crippen LogP contribution >= 0.6 is 0 Å². The van der Waals surface area contributed by atoms with E-state index in [0.29, 0.717) is 11.1 Å². The van der Waals surface area contributed by atoms with Crippen LogP contribution in [0.15, 0.2) is 54.6 Å². The zero-order valence-corrected chi connectivity index (χ0v) is 16.3. The summed E-state index contributed by atoms with van der Waals surface area (Å²) in [7, 11) is 0. The van der Waals surface area contributed by atoms with Crippen molar-refractivity contribution in [2.24, 2.45) is 5.41 Å². The van der Waals surface area contributed by atoms with Crippen molar-refractivity contribution in [2.45, 2.75) is 6.42 Å². The van der Waals surface area contributed by atoms with Crippen molar-refractivity contribution in [3.63, 3.8) is 0 Å². The molecule has 0 aliphatic heterocycles. The monoisotopic (exact) mass is 416 g/mol. The number of ketones is 1. The number of aliphatic hydroxyl groups is 3. The van der Waals surface area contributed by atoms with E-state index in [2.05, 4.69) is 0 Å². The first-order chi connectivity index (χ1) is 14.4. The van der Waals surface area contributed by atoms with Gasteiger partial charge >= 0.3 is 11.9 Å². The second kappa shape index (κ2) is 11.2. The van der Waals surface area contributed by atoms with Crippen molar-refractivity contribution in [1.82, 2.24) is 0 Å². The Labute approximate surface area is 173 Å². The number of carbonyl (C=O) groups excluding carboxylic acids is 3. The van der Waals surface area contributed by atoms with Crippen LogP contribution in [0, 0.1) is 5.41 Å². The highest BCUT2D eigenvalue weighted by Gasteiger charge is 2.28. The Morgan fingerprint density at radius 2 is 1.27 bits per heavy atom. The molecule has 0 radical (unpaired) electrons. The van der Waals surface area contributed by atoms with Crippen LogP contribution in [0.1, 0.15) is 32.7 Å². The number of benzene rings is 2. The highest BCUT2D eigenvalue weighted by molar-refractivity contribution is 6.09. The molecule has 0 amide bonds. The largest absolute Gasteiger partial charge is 0.463 e. The fourth-order valence-corrected chi connectivity index (χ4v) is 2.53. The van der Waals surface area contributed by atoms with Crippen LogP contribution in [0.2, 0.25) is 0 Å². The number of ether oxygens (including phenoxy) is 2. The summed E-state index contributed by atoms with van der Waals surface area (Å²) in [6.07, 6.45) is 0.0487. The summed E-state index contributed by atoms with van der Waals surface area (Å²) in [6, 6.07) is 14.6. The Morgan fingerprint density at radius 3 is 1.83 bits per heavy atom. The van der Waals surface area contributed by atoms with Crippen molar-refractivity contribution in [2.75, 3.05) is 33.0 Å². The van der Waals surface area contributed by atoms with Crippen LogP contribution in [-0.4, -0.2) is 66.1 Å². The molecule has 2 aromatic carbocycles. The average molecular weight is 416 g/mol. The van der Waals surface area contributed by atoms with Crippen LogP contribution in [-0.2, 0) is 14.3 Å². The van der Waals surface area contributed by atoms with E-state index in [9.17, 15) is 29.7 Å². The first-order valence-electron chi connectivity index (χ1n) is 9.30. The molecule has 0 aliphatic carbocycles. The summed E-state index contributed by atoms with van der Waals surface area (Å²) in [5.41, 5.74) is -0.0247. The van der Waals surface area contributed by atoms with E-state index < -0.39 is 43.8 Å². The molecule has 3 N–H and O–H groups in total. The molecule has 0 saturated carbocycles. The summed E-state index contributed by atoms with van der Waals surface area (Å²) in [5, 5.41) is 27.6. The predicted molar refractivity (Wildman–Crippen MR) is 106 cm³/mol. The van der Waals surface area contributed by atoms with Crippen LogP contribution < -0.4 is 0 Å². The molecule has 0 unspecified atom stereocenters. The summed E-state index contributed by atoms with van der Waals surface area (Å²) >= 11 is 0. The Balaban J connectivity index is 1.82. The molecule has 8 nitrogen and oxygen atoms in total. The number of rotatable bonds is 11. The molecule has 0 saturated heterocycles. The topological polar surface area (TPSA) is 130 Å². The average Bonchev–Trinajstić information content (AvgIpc) is 2.81. The molecule has 30 heavy (non-hydrogen) atoms. The van der Waals surface area contributed by atoms with Crippen molar-refractivity contribution in [3.8, 4) is 0 Å². The van der Waals surface area contributed by atoms with Gasteiger partial charge in [0, 0.05) is 16.5 Å². The zero-order chi connectivity index (χ0) is 22.0. The van der Waals surface area contributed by atoms with Crippen molar-refractivity contribution in [3.05, 3.63) is 71.3 Å². The van der Waals surface area contributed by atoms with Gasteiger partial charge in [-0.2, -0.15) is 0 Å². The molecule has 0 atom stereocenters. The zero-order valence-electron chi connectivity index (χ0n) is 16.3. The number of aliphatic hydroxyl groups excluding tert-OH is 3. The number of hydrogen-bond acceptors (Lipinski definition) is 8. The third-order valence-electron chi connectivity index (χ3n) is 4.64. The number of hydrogen-bond donors (Lipinski definition) is 3. The van der Waals surface area contributed by atoms with Gasteiger partial charge < -0.3 is 24.8 Å². The molecule has 0 bridgehead atoms. The van der Waals surface area contributed by atoms with Crippen molar-refractivity contribution < 1.29 is 39.2 Å². The molecule has 0 aromatic heterocycles. The third kappa shape index (κ3) is 6.21. The van der Waals surface area contributed by atoms with Gasteiger partial charge in [0.05, 0.1) is 32.0 Å². The van der Waals surface area contributed by atoms with E-state index in [4.69, 9.17) is 9.47 Å². The molecule has 2 aromatic rings. The Kier molecular flexibility index (Phi) is 8.67. The summed E-state index contributed by atoms with van der Waals surface area (Å²) in [5.74, 6) is -1.73. The third-order valence-corrected chi connectivity index (χ3v) is 4.64. The summed E-state index contributed by atoms with van der Waals surface area (Å²) in [6.45, 7) is -2.16. The van der Waals surface area contributed by atoms with Gasteiger partial charge in [-0.1, -0.05) is 42.5 Å². The lowest BCUT2D eigenvalue weighted by Crippen LogP contribution is -2.35. The minimum atomic E-state index is -1.14. The molecule has 0 aliphatic rings. The van der Waals surface area contributed by atoms with Gasteiger partial charge in [-0.15, -0.1) is 0 Å². The van der Waals surface area contributed by atoms with Gasteiger partial charge in [0.1, 0.15) is 0 Å². The SMILES string of the molecule is O=C(COC(=O)c1ccc(C(=O)c2ccccc2)cc1)OCCC(CO)(CO)CO. The Hall–Kier alpha value is -3.07.